The quantitative estimate of drug-likeness (QED) is 0.418. The first-order chi connectivity index (χ1) is 14.8. The molecule has 0 saturated heterocycles. The van der Waals surface area contributed by atoms with Crippen LogP contribution in [0.15, 0.2) is 0 Å². The van der Waals surface area contributed by atoms with Crippen molar-refractivity contribution in [1.29, 1.82) is 0 Å². The van der Waals surface area contributed by atoms with Gasteiger partial charge in [-0.3, -0.25) is 9.59 Å². The van der Waals surface area contributed by atoms with E-state index in [1.807, 2.05) is 0 Å². The number of ketones is 2. The molecule has 0 heterocycles. The number of carbonyl (C=O) groups is 2. The molecular formula is C28H50O2. The predicted octanol–water partition coefficient (Wildman–Crippen LogP) is 8.75. The Balaban J connectivity index is 1.73. The first-order valence-electron chi connectivity index (χ1n) is 13.8. The van der Waals surface area contributed by atoms with Gasteiger partial charge >= 0.3 is 0 Å². The Morgan fingerprint density at radius 2 is 0.733 bits per heavy atom. The van der Waals surface area contributed by atoms with Crippen molar-refractivity contribution in [2.75, 3.05) is 0 Å². The molecule has 2 saturated carbocycles. The third-order valence-electron chi connectivity index (χ3n) is 7.72. The van der Waals surface area contributed by atoms with Gasteiger partial charge in [0.2, 0.25) is 0 Å². The van der Waals surface area contributed by atoms with Crippen LogP contribution in [0, 0.1) is 11.8 Å². The fourth-order valence-corrected chi connectivity index (χ4v) is 5.62. The summed E-state index contributed by atoms with van der Waals surface area (Å²) in [6.45, 7) is 0. The molecule has 0 aromatic heterocycles. The fourth-order valence-electron chi connectivity index (χ4n) is 5.62. The molecule has 2 rings (SSSR count). The molecule has 174 valence electrons. The number of carbonyl (C=O) groups excluding carboxylic acids is 2. The minimum absolute atomic E-state index is 0.302. The Hall–Kier alpha value is -0.660. The fraction of sp³-hybridized carbons (Fsp3) is 0.929. The molecule has 2 atom stereocenters. The van der Waals surface area contributed by atoms with E-state index in [4.69, 9.17) is 0 Å². The van der Waals surface area contributed by atoms with E-state index in [9.17, 15) is 9.59 Å². The molecule has 0 spiro atoms. The highest BCUT2D eigenvalue weighted by molar-refractivity contribution is 5.81. The van der Waals surface area contributed by atoms with Crippen molar-refractivity contribution in [1.82, 2.24) is 0 Å². The molecule has 2 unspecified atom stereocenters. The number of rotatable bonds is 5. The second-order valence-electron chi connectivity index (χ2n) is 10.3. The molecule has 0 amide bonds. The summed E-state index contributed by atoms with van der Waals surface area (Å²) in [5, 5.41) is 0. The van der Waals surface area contributed by atoms with Gasteiger partial charge in [0, 0.05) is 24.7 Å². The molecule has 0 aliphatic heterocycles. The number of hydrogen-bond acceptors (Lipinski definition) is 2. The van der Waals surface area contributed by atoms with Crippen molar-refractivity contribution >= 4 is 11.6 Å². The first kappa shape index (κ1) is 25.6. The Bertz CT molecular complexity index is 414. The number of Topliss-reactive ketones (excluding diaryl/α,β-unsaturated/α-hetero) is 2. The van der Waals surface area contributed by atoms with Crippen molar-refractivity contribution in [2.45, 2.75) is 154 Å². The van der Waals surface area contributed by atoms with Crippen LogP contribution in [0.2, 0.25) is 0 Å². The van der Waals surface area contributed by atoms with E-state index >= 15 is 0 Å². The molecule has 0 radical (unpaired) electrons. The van der Waals surface area contributed by atoms with E-state index in [0.717, 1.165) is 64.2 Å². The lowest BCUT2D eigenvalue weighted by Crippen LogP contribution is -2.17. The van der Waals surface area contributed by atoms with Crippen LogP contribution >= 0.6 is 0 Å². The van der Waals surface area contributed by atoms with Crippen molar-refractivity contribution in [3.63, 3.8) is 0 Å². The van der Waals surface area contributed by atoms with Crippen LogP contribution in [0.3, 0.4) is 0 Å². The van der Waals surface area contributed by atoms with Gasteiger partial charge in [0.15, 0.2) is 0 Å². The second kappa shape index (κ2) is 17.0. The highest BCUT2D eigenvalue weighted by Gasteiger charge is 2.20. The van der Waals surface area contributed by atoms with Gasteiger partial charge in [-0.1, -0.05) is 103 Å². The highest BCUT2D eigenvalue weighted by Crippen LogP contribution is 2.26. The summed E-state index contributed by atoms with van der Waals surface area (Å²) in [7, 11) is 0. The van der Waals surface area contributed by atoms with E-state index in [2.05, 4.69) is 0 Å². The van der Waals surface area contributed by atoms with Gasteiger partial charge in [0.1, 0.15) is 11.6 Å². The van der Waals surface area contributed by atoms with Crippen LogP contribution in [-0.2, 0) is 9.59 Å². The Kier molecular flexibility index (Phi) is 14.5. The number of hydrogen-bond donors (Lipinski definition) is 0. The molecule has 2 heteroatoms. The Morgan fingerprint density at radius 1 is 0.433 bits per heavy atom. The maximum atomic E-state index is 12.7. The molecule has 0 bridgehead atoms. The zero-order chi connectivity index (χ0) is 21.3. The van der Waals surface area contributed by atoms with Gasteiger partial charge in [-0.15, -0.1) is 0 Å². The van der Waals surface area contributed by atoms with Crippen molar-refractivity contribution in [3.05, 3.63) is 0 Å². The Labute approximate surface area is 187 Å². The smallest absolute Gasteiger partial charge is 0.135 e. The van der Waals surface area contributed by atoms with Crippen molar-refractivity contribution < 1.29 is 9.59 Å². The molecule has 0 aromatic rings. The lowest BCUT2D eigenvalue weighted by Gasteiger charge is -2.19. The van der Waals surface area contributed by atoms with E-state index in [0.29, 0.717) is 23.4 Å². The molecule has 0 aromatic carbocycles. The summed E-state index contributed by atoms with van der Waals surface area (Å²) in [5.74, 6) is 1.68. The average Bonchev–Trinajstić information content (AvgIpc) is 2.73. The minimum Gasteiger partial charge on any atom is -0.299 e. The summed E-state index contributed by atoms with van der Waals surface area (Å²) in [4.78, 5) is 25.5. The summed E-state index contributed by atoms with van der Waals surface area (Å²) < 4.78 is 0. The van der Waals surface area contributed by atoms with E-state index in [1.54, 1.807) is 0 Å². The predicted molar refractivity (Wildman–Crippen MR) is 128 cm³/mol. The van der Waals surface area contributed by atoms with Crippen LogP contribution in [0.5, 0.6) is 0 Å². The summed E-state index contributed by atoms with van der Waals surface area (Å²) in [6.07, 6.45) is 28.8. The minimum atomic E-state index is 0.302. The van der Waals surface area contributed by atoms with E-state index in [-0.39, 0.29) is 0 Å². The zero-order valence-corrected chi connectivity index (χ0v) is 19.9. The van der Waals surface area contributed by atoms with Crippen molar-refractivity contribution in [3.8, 4) is 0 Å². The van der Waals surface area contributed by atoms with Crippen LogP contribution in [-0.4, -0.2) is 11.6 Å². The van der Waals surface area contributed by atoms with Crippen molar-refractivity contribution in [2.24, 2.45) is 11.8 Å². The molecular weight excluding hydrogens is 368 g/mol. The van der Waals surface area contributed by atoms with Crippen LogP contribution in [0.25, 0.3) is 0 Å². The van der Waals surface area contributed by atoms with E-state index in [1.165, 1.54) is 89.9 Å². The third-order valence-corrected chi connectivity index (χ3v) is 7.72. The average molecular weight is 419 g/mol. The van der Waals surface area contributed by atoms with Gasteiger partial charge in [-0.2, -0.15) is 0 Å². The summed E-state index contributed by atoms with van der Waals surface area (Å²) in [5.41, 5.74) is 0. The molecule has 2 nitrogen and oxygen atoms in total. The monoisotopic (exact) mass is 418 g/mol. The lowest BCUT2D eigenvalue weighted by atomic mass is 9.85. The van der Waals surface area contributed by atoms with E-state index < -0.39 is 0 Å². The summed E-state index contributed by atoms with van der Waals surface area (Å²) >= 11 is 0. The molecule has 30 heavy (non-hydrogen) atoms. The SMILES string of the molecule is O=C1CCCCCCCCCCC1CCCCC1CCCCCCCCCCC1=O. The molecule has 2 aliphatic carbocycles. The zero-order valence-electron chi connectivity index (χ0n) is 19.9. The number of unbranched alkanes of at least 4 members (excludes halogenated alkanes) is 1. The normalized spacial score (nSPS) is 27.3. The standard InChI is InChI=1S/C28H50O2/c29-27-23-15-11-7-3-1-5-9-13-19-25(27)21-17-18-22-26-20-14-10-6-2-4-8-12-16-24-28(26)30/h25-26H,1-24H2. The molecule has 2 fully saturated rings. The van der Waals surface area contributed by atoms with Crippen LogP contribution in [0.4, 0.5) is 0 Å². The second-order valence-corrected chi connectivity index (χ2v) is 10.3. The largest absolute Gasteiger partial charge is 0.299 e. The maximum absolute atomic E-state index is 12.7. The van der Waals surface area contributed by atoms with Gasteiger partial charge in [0.05, 0.1) is 0 Å². The lowest BCUT2D eigenvalue weighted by molar-refractivity contribution is -0.124. The third kappa shape index (κ3) is 11.7. The van der Waals surface area contributed by atoms with Gasteiger partial charge in [-0.05, 0) is 38.5 Å². The Morgan fingerprint density at radius 3 is 1.10 bits per heavy atom. The topological polar surface area (TPSA) is 34.1 Å². The van der Waals surface area contributed by atoms with Gasteiger partial charge in [0.25, 0.3) is 0 Å². The van der Waals surface area contributed by atoms with Gasteiger partial charge < -0.3 is 0 Å². The first-order valence-corrected chi connectivity index (χ1v) is 13.8. The highest BCUT2D eigenvalue weighted by atomic mass is 16.1. The molecule has 2 aliphatic rings. The summed E-state index contributed by atoms with van der Waals surface area (Å²) in [6, 6.07) is 0. The van der Waals surface area contributed by atoms with Crippen LogP contribution in [0.1, 0.15) is 154 Å². The maximum Gasteiger partial charge on any atom is 0.135 e. The van der Waals surface area contributed by atoms with Crippen LogP contribution < -0.4 is 0 Å². The van der Waals surface area contributed by atoms with Gasteiger partial charge in [-0.25, -0.2) is 0 Å². The molecule has 0 N–H and O–H groups in total.